The summed E-state index contributed by atoms with van der Waals surface area (Å²) in [5, 5.41) is 11.4. The second kappa shape index (κ2) is 6.47. The van der Waals surface area contributed by atoms with Crippen LogP contribution in [0.2, 0.25) is 0 Å². The lowest BCUT2D eigenvalue weighted by atomic mass is 10.1. The Hall–Kier alpha value is -2.24. The maximum atomic E-state index is 12.2. The largest absolute Gasteiger partial charge is 0.482 e. The zero-order chi connectivity index (χ0) is 15.4. The summed E-state index contributed by atoms with van der Waals surface area (Å²) >= 11 is 0. The number of rotatable bonds is 4. The molecule has 1 aliphatic rings. The van der Waals surface area contributed by atoms with Crippen LogP contribution in [0.25, 0.3) is 0 Å². The molecule has 2 N–H and O–H groups in total. The summed E-state index contributed by atoms with van der Waals surface area (Å²) in [5.74, 6) is -0.0411. The molecule has 21 heavy (non-hydrogen) atoms. The monoisotopic (exact) mass is 292 g/mol. The molecule has 1 aromatic carbocycles. The molecule has 1 aliphatic heterocycles. The summed E-state index contributed by atoms with van der Waals surface area (Å²) in [5.41, 5.74) is 0.662. The van der Waals surface area contributed by atoms with E-state index in [0.29, 0.717) is 17.4 Å². The van der Waals surface area contributed by atoms with E-state index in [0.717, 1.165) is 13.0 Å². The van der Waals surface area contributed by atoms with Gasteiger partial charge in [-0.05, 0) is 43.5 Å². The van der Waals surface area contributed by atoms with Crippen LogP contribution in [0.1, 0.15) is 20.3 Å². The van der Waals surface area contributed by atoms with Gasteiger partial charge in [0.1, 0.15) is 5.75 Å². The fourth-order valence-corrected chi connectivity index (χ4v) is 2.56. The van der Waals surface area contributed by atoms with E-state index in [4.69, 9.17) is 9.84 Å². The highest BCUT2D eigenvalue weighted by atomic mass is 16.5. The fourth-order valence-electron chi connectivity index (χ4n) is 2.56. The van der Waals surface area contributed by atoms with Gasteiger partial charge in [-0.25, -0.2) is 9.59 Å². The molecular weight excluding hydrogens is 272 g/mol. The van der Waals surface area contributed by atoms with Crippen LogP contribution in [-0.4, -0.2) is 41.2 Å². The Kier molecular flexibility index (Phi) is 4.67. The molecule has 2 atom stereocenters. The smallest absolute Gasteiger partial charge is 0.341 e. The number of carbonyl (C=O) groups excluding carboxylic acids is 1. The zero-order valence-corrected chi connectivity index (χ0v) is 12.2. The highest BCUT2D eigenvalue weighted by Gasteiger charge is 2.29. The Morgan fingerprint density at radius 2 is 2.00 bits per heavy atom. The van der Waals surface area contributed by atoms with Crippen molar-refractivity contribution in [2.24, 2.45) is 5.92 Å². The molecule has 114 valence electrons. The van der Waals surface area contributed by atoms with E-state index in [1.165, 1.54) is 0 Å². The number of amides is 2. The predicted octanol–water partition coefficient (Wildman–Crippen LogP) is 2.41. The molecule has 6 nitrogen and oxygen atoms in total. The van der Waals surface area contributed by atoms with Gasteiger partial charge in [-0.3, -0.25) is 0 Å². The summed E-state index contributed by atoms with van der Waals surface area (Å²) in [6, 6.07) is 6.80. The molecule has 1 aromatic rings. The summed E-state index contributed by atoms with van der Waals surface area (Å²) in [6.07, 6.45) is 1.02. The van der Waals surface area contributed by atoms with Gasteiger partial charge in [0.2, 0.25) is 0 Å². The minimum absolute atomic E-state index is 0.106. The highest BCUT2D eigenvalue weighted by molar-refractivity contribution is 5.89. The van der Waals surface area contributed by atoms with Crippen LogP contribution < -0.4 is 10.1 Å². The fraction of sp³-hybridized carbons (Fsp3) is 0.467. The van der Waals surface area contributed by atoms with Crippen LogP contribution in [0.5, 0.6) is 5.75 Å². The van der Waals surface area contributed by atoms with Crippen molar-refractivity contribution in [3.8, 4) is 5.75 Å². The van der Waals surface area contributed by atoms with E-state index in [1.807, 2.05) is 11.8 Å². The summed E-state index contributed by atoms with van der Waals surface area (Å²) < 4.78 is 5.04. The van der Waals surface area contributed by atoms with Crippen molar-refractivity contribution in [2.75, 3.05) is 18.5 Å². The molecule has 1 fully saturated rings. The number of likely N-dealkylation sites (tertiary alicyclic amines) is 1. The van der Waals surface area contributed by atoms with Crippen molar-refractivity contribution in [3.63, 3.8) is 0 Å². The number of nitrogens with one attached hydrogen (secondary N) is 1. The topological polar surface area (TPSA) is 78.9 Å². The molecule has 0 radical (unpaired) electrons. The van der Waals surface area contributed by atoms with Crippen molar-refractivity contribution in [1.82, 2.24) is 4.90 Å². The molecule has 0 spiro atoms. The van der Waals surface area contributed by atoms with Gasteiger partial charge in [0.15, 0.2) is 6.61 Å². The molecular formula is C15H20N2O4. The quantitative estimate of drug-likeness (QED) is 0.893. The minimum atomic E-state index is -1.02. The Labute approximate surface area is 123 Å². The lowest BCUT2D eigenvalue weighted by Crippen LogP contribution is -2.37. The maximum absolute atomic E-state index is 12.2. The number of carboxylic acid groups (broad SMARTS) is 1. The van der Waals surface area contributed by atoms with Crippen molar-refractivity contribution in [3.05, 3.63) is 24.3 Å². The van der Waals surface area contributed by atoms with Gasteiger partial charge in [0.25, 0.3) is 0 Å². The summed E-state index contributed by atoms with van der Waals surface area (Å²) in [7, 11) is 0. The van der Waals surface area contributed by atoms with Crippen molar-refractivity contribution in [1.29, 1.82) is 0 Å². The van der Waals surface area contributed by atoms with E-state index in [-0.39, 0.29) is 18.7 Å². The number of ether oxygens (including phenoxy) is 1. The van der Waals surface area contributed by atoms with E-state index in [9.17, 15) is 9.59 Å². The van der Waals surface area contributed by atoms with Crippen molar-refractivity contribution in [2.45, 2.75) is 26.3 Å². The van der Waals surface area contributed by atoms with Gasteiger partial charge in [-0.2, -0.15) is 0 Å². The number of benzene rings is 1. The summed E-state index contributed by atoms with van der Waals surface area (Å²) in [4.78, 5) is 24.4. The maximum Gasteiger partial charge on any atom is 0.341 e. The van der Waals surface area contributed by atoms with Crippen LogP contribution in [0.3, 0.4) is 0 Å². The molecule has 0 bridgehead atoms. The first-order chi connectivity index (χ1) is 9.95. The third-order valence-corrected chi connectivity index (χ3v) is 3.51. The third kappa shape index (κ3) is 4.11. The summed E-state index contributed by atoms with van der Waals surface area (Å²) in [6.45, 7) is 4.58. The Morgan fingerprint density at radius 3 is 2.52 bits per heavy atom. The highest BCUT2D eigenvalue weighted by Crippen LogP contribution is 2.23. The number of urea groups is 1. The first kappa shape index (κ1) is 15.2. The first-order valence-corrected chi connectivity index (χ1v) is 6.98. The van der Waals surface area contributed by atoms with E-state index < -0.39 is 5.97 Å². The molecule has 6 heteroatoms. The van der Waals surface area contributed by atoms with Gasteiger partial charge in [-0.1, -0.05) is 6.92 Å². The average molecular weight is 292 g/mol. The van der Waals surface area contributed by atoms with Crippen LogP contribution in [0, 0.1) is 5.92 Å². The number of carbonyl (C=O) groups is 2. The van der Waals surface area contributed by atoms with E-state index in [1.54, 1.807) is 24.3 Å². The van der Waals surface area contributed by atoms with Gasteiger partial charge in [0.05, 0.1) is 0 Å². The standard InChI is InChI=1S/C15H20N2O4/c1-10-7-11(2)17(8-10)15(20)16-12-3-5-13(6-4-12)21-9-14(18)19/h3-6,10-11H,7-9H2,1-2H3,(H,16,20)(H,18,19). The number of hydrogen-bond donors (Lipinski definition) is 2. The van der Waals surface area contributed by atoms with Crippen LogP contribution in [-0.2, 0) is 4.79 Å². The molecule has 0 aromatic heterocycles. The number of hydrogen-bond acceptors (Lipinski definition) is 3. The lowest BCUT2D eigenvalue weighted by Gasteiger charge is -2.22. The molecule has 2 amide bonds. The third-order valence-electron chi connectivity index (χ3n) is 3.51. The van der Waals surface area contributed by atoms with Gasteiger partial charge < -0.3 is 20.1 Å². The molecule has 2 rings (SSSR count). The Balaban J connectivity index is 1.91. The average Bonchev–Trinajstić information content (AvgIpc) is 2.77. The van der Waals surface area contributed by atoms with Crippen LogP contribution >= 0.6 is 0 Å². The van der Waals surface area contributed by atoms with Gasteiger partial charge in [0, 0.05) is 18.3 Å². The van der Waals surface area contributed by atoms with Crippen molar-refractivity contribution >= 4 is 17.7 Å². The van der Waals surface area contributed by atoms with Crippen LogP contribution in [0.15, 0.2) is 24.3 Å². The van der Waals surface area contributed by atoms with Crippen molar-refractivity contribution < 1.29 is 19.4 Å². The van der Waals surface area contributed by atoms with E-state index >= 15 is 0 Å². The molecule has 0 aliphatic carbocycles. The molecule has 1 heterocycles. The number of aliphatic carboxylic acids is 1. The minimum Gasteiger partial charge on any atom is -0.482 e. The second-order valence-electron chi connectivity index (χ2n) is 5.48. The molecule has 1 saturated heterocycles. The Bertz CT molecular complexity index is 515. The SMILES string of the molecule is CC1CC(C)N(C(=O)Nc2ccc(OCC(=O)O)cc2)C1. The number of carboxylic acids is 1. The second-order valence-corrected chi connectivity index (χ2v) is 5.48. The van der Waals surface area contributed by atoms with E-state index in [2.05, 4.69) is 12.2 Å². The van der Waals surface area contributed by atoms with Crippen LogP contribution in [0.4, 0.5) is 10.5 Å². The molecule has 2 unspecified atom stereocenters. The molecule has 0 saturated carbocycles. The number of nitrogens with zero attached hydrogens (tertiary/aromatic N) is 1. The first-order valence-electron chi connectivity index (χ1n) is 6.98. The zero-order valence-electron chi connectivity index (χ0n) is 12.2. The van der Waals surface area contributed by atoms with Gasteiger partial charge in [-0.15, -0.1) is 0 Å². The predicted molar refractivity (Wildman–Crippen MR) is 78.5 cm³/mol. The lowest BCUT2D eigenvalue weighted by molar-refractivity contribution is -0.139. The normalized spacial score (nSPS) is 21.1. The Morgan fingerprint density at radius 1 is 1.33 bits per heavy atom. The number of anilines is 1. The van der Waals surface area contributed by atoms with Gasteiger partial charge >= 0.3 is 12.0 Å².